The maximum Gasteiger partial charge on any atom is 0.243 e. The second-order valence-electron chi connectivity index (χ2n) is 6.21. The molecule has 6 nitrogen and oxygen atoms in total. The molecule has 0 aliphatic carbocycles. The summed E-state index contributed by atoms with van der Waals surface area (Å²) in [4.78, 5) is 12.6. The minimum atomic E-state index is -3.56. The molecule has 0 spiro atoms. The summed E-state index contributed by atoms with van der Waals surface area (Å²) in [7, 11) is -3.56. The number of carbonyl (C=O) groups excluding carboxylic acids is 1. The van der Waals surface area contributed by atoms with Crippen LogP contribution in [0.15, 0.2) is 59.5 Å². The highest BCUT2D eigenvalue weighted by Crippen LogP contribution is 2.21. The molecule has 0 bridgehead atoms. The van der Waals surface area contributed by atoms with Crippen molar-refractivity contribution in [2.24, 2.45) is 0 Å². The summed E-state index contributed by atoms with van der Waals surface area (Å²) in [5.41, 5.74) is 1.23. The van der Waals surface area contributed by atoms with Crippen molar-refractivity contribution in [3.8, 4) is 5.75 Å². The summed E-state index contributed by atoms with van der Waals surface area (Å²) in [6.45, 7) is 3.90. The average Bonchev–Trinajstić information content (AvgIpc) is 2.74. The molecule has 0 radical (unpaired) electrons. The molecule has 1 heterocycles. The monoisotopic (exact) mass is 401 g/mol. The standard InChI is InChI=1S/C21H23NO5S/c1-2-27-21-6-4-3-5-18(21)9-12-20(23)17-7-10-19(11-8-17)28(24,25)22-13-15-26-16-14-22/h3-12H,2,13-16H2,1H3/b12-9+. The van der Waals surface area contributed by atoms with Gasteiger partial charge in [-0.2, -0.15) is 4.31 Å². The molecule has 0 amide bonds. The van der Waals surface area contributed by atoms with Crippen molar-refractivity contribution in [1.82, 2.24) is 4.31 Å². The fraction of sp³-hybridized carbons (Fsp3) is 0.286. The Balaban J connectivity index is 1.74. The first-order valence-corrected chi connectivity index (χ1v) is 10.6. The Labute approximate surface area is 165 Å². The zero-order valence-corrected chi connectivity index (χ0v) is 16.5. The van der Waals surface area contributed by atoms with E-state index in [1.165, 1.54) is 34.6 Å². The number of benzene rings is 2. The quantitative estimate of drug-likeness (QED) is 0.527. The zero-order valence-electron chi connectivity index (χ0n) is 15.7. The smallest absolute Gasteiger partial charge is 0.243 e. The predicted octanol–water partition coefficient (Wildman–Crippen LogP) is 3.00. The Hall–Kier alpha value is -2.48. The summed E-state index contributed by atoms with van der Waals surface area (Å²) in [5, 5.41) is 0. The largest absolute Gasteiger partial charge is 0.493 e. The van der Waals surface area contributed by atoms with Crippen LogP contribution in [0.2, 0.25) is 0 Å². The van der Waals surface area contributed by atoms with E-state index in [0.29, 0.717) is 44.2 Å². The minimum Gasteiger partial charge on any atom is -0.493 e. The van der Waals surface area contributed by atoms with Gasteiger partial charge in [0.25, 0.3) is 0 Å². The Kier molecular flexibility index (Phi) is 6.61. The lowest BCUT2D eigenvalue weighted by Gasteiger charge is -2.26. The van der Waals surface area contributed by atoms with E-state index in [2.05, 4.69) is 0 Å². The van der Waals surface area contributed by atoms with Gasteiger partial charge in [-0.05, 0) is 49.4 Å². The first-order chi connectivity index (χ1) is 13.5. The van der Waals surface area contributed by atoms with E-state index in [-0.39, 0.29) is 10.7 Å². The molecule has 1 saturated heterocycles. The number of nitrogens with zero attached hydrogens (tertiary/aromatic N) is 1. The van der Waals surface area contributed by atoms with Crippen LogP contribution in [0.25, 0.3) is 6.08 Å². The molecule has 0 N–H and O–H groups in total. The number of allylic oxidation sites excluding steroid dienone is 1. The van der Waals surface area contributed by atoms with Crippen LogP contribution in [0.3, 0.4) is 0 Å². The van der Waals surface area contributed by atoms with Crippen LogP contribution < -0.4 is 4.74 Å². The van der Waals surface area contributed by atoms with Crippen molar-refractivity contribution >= 4 is 21.9 Å². The van der Waals surface area contributed by atoms with Gasteiger partial charge in [0.15, 0.2) is 5.78 Å². The molecule has 2 aromatic carbocycles. The van der Waals surface area contributed by atoms with Crippen molar-refractivity contribution in [2.75, 3.05) is 32.9 Å². The second-order valence-corrected chi connectivity index (χ2v) is 8.15. The minimum absolute atomic E-state index is 0.177. The van der Waals surface area contributed by atoms with Gasteiger partial charge in [-0.1, -0.05) is 18.2 Å². The van der Waals surface area contributed by atoms with Crippen molar-refractivity contribution in [3.05, 3.63) is 65.7 Å². The van der Waals surface area contributed by atoms with Gasteiger partial charge in [-0.3, -0.25) is 4.79 Å². The maximum absolute atomic E-state index is 12.6. The Morgan fingerprint density at radius 3 is 2.46 bits per heavy atom. The van der Waals surface area contributed by atoms with E-state index in [4.69, 9.17) is 9.47 Å². The number of ether oxygens (including phenoxy) is 2. The molecule has 3 rings (SSSR count). The summed E-state index contributed by atoms with van der Waals surface area (Å²) >= 11 is 0. The molecular weight excluding hydrogens is 378 g/mol. The van der Waals surface area contributed by atoms with Gasteiger partial charge in [0.05, 0.1) is 24.7 Å². The molecule has 0 saturated carbocycles. The van der Waals surface area contributed by atoms with Crippen molar-refractivity contribution in [3.63, 3.8) is 0 Å². The molecule has 0 unspecified atom stereocenters. The van der Waals surface area contributed by atoms with E-state index >= 15 is 0 Å². The molecular formula is C21H23NO5S. The lowest BCUT2D eigenvalue weighted by Crippen LogP contribution is -2.40. The number of rotatable bonds is 7. The number of morpholine rings is 1. The highest BCUT2D eigenvalue weighted by Gasteiger charge is 2.26. The third-order valence-corrected chi connectivity index (χ3v) is 6.29. The van der Waals surface area contributed by atoms with E-state index in [0.717, 1.165) is 5.56 Å². The number of sulfonamides is 1. The van der Waals surface area contributed by atoms with Crippen LogP contribution in [0.4, 0.5) is 0 Å². The number of para-hydroxylation sites is 1. The third kappa shape index (κ3) is 4.67. The SMILES string of the molecule is CCOc1ccccc1/C=C/C(=O)c1ccc(S(=O)(=O)N2CCOCC2)cc1. The van der Waals surface area contributed by atoms with E-state index in [9.17, 15) is 13.2 Å². The molecule has 0 atom stereocenters. The van der Waals surface area contributed by atoms with Crippen LogP contribution in [0.1, 0.15) is 22.8 Å². The maximum atomic E-state index is 12.6. The molecule has 1 fully saturated rings. The van der Waals surface area contributed by atoms with Gasteiger partial charge in [-0.25, -0.2) is 8.42 Å². The van der Waals surface area contributed by atoms with Crippen LogP contribution in [0.5, 0.6) is 5.75 Å². The van der Waals surface area contributed by atoms with Crippen molar-refractivity contribution in [2.45, 2.75) is 11.8 Å². The number of hydrogen-bond acceptors (Lipinski definition) is 5. The van der Waals surface area contributed by atoms with Crippen LogP contribution in [-0.2, 0) is 14.8 Å². The van der Waals surface area contributed by atoms with E-state index < -0.39 is 10.0 Å². The fourth-order valence-corrected chi connectivity index (χ4v) is 4.30. The van der Waals surface area contributed by atoms with Gasteiger partial charge >= 0.3 is 0 Å². The van der Waals surface area contributed by atoms with Gasteiger partial charge in [0, 0.05) is 24.2 Å². The lowest BCUT2D eigenvalue weighted by atomic mass is 10.1. The van der Waals surface area contributed by atoms with Gasteiger partial charge < -0.3 is 9.47 Å². The van der Waals surface area contributed by atoms with E-state index in [1.807, 2.05) is 31.2 Å². The van der Waals surface area contributed by atoms with Crippen LogP contribution >= 0.6 is 0 Å². The average molecular weight is 401 g/mol. The Morgan fingerprint density at radius 2 is 1.79 bits per heavy atom. The van der Waals surface area contributed by atoms with E-state index in [1.54, 1.807) is 6.08 Å². The first-order valence-electron chi connectivity index (χ1n) is 9.14. The molecule has 2 aromatic rings. The highest BCUT2D eigenvalue weighted by atomic mass is 32.2. The normalized spacial score (nSPS) is 15.6. The zero-order chi connectivity index (χ0) is 20.0. The topological polar surface area (TPSA) is 72.9 Å². The third-order valence-electron chi connectivity index (χ3n) is 4.38. The molecule has 1 aliphatic heterocycles. The molecule has 1 aliphatic rings. The molecule has 148 valence electrons. The fourth-order valence-electron chi connectivity index (χ4n) is 2.89. The number of carbonyl (C=O) groups is 1. The second kappa shape index (κ2) is 9.14. The van der Waals surface area contributed by atoms with Gasteiger partial charge in [0.1, 0.15) is 5.75 Å². The van der Waals surface area contributed by atoms with Crippen LogP contribution in [0, 0.1) is 0 Å². The number of hydrogen-bond donors (Lipinski definition) is 0. The lowest BCUT2D eigenvalue weighted by molar-refractivity contribution is 0.0730. The van der Waals surface area contributed by atoms with Crippen molar-refractivity contribution in [1.29, 1.82) is 0 Å². The van der Waals surface area contributed by atoms with Crippen LogP contribution in [-0.4, -0.2) is 51.4 Å². The first kappa shape index (κ1) is 20.3. The Bertz CT molecular complexity index is 945. The van der Waals surface area contributed by atoms with Gasteiger partial charge in [0.2, 0.25) is 10.0 Å². The molecule has 7 heteroatoms. The summed E-state index contributed by atoms with van der Waals surface area (Å²) in [6, 6.07) is 13.5. The molecule has 28 heavy (non-hydrogen) atoms. The summed E-state index contributed by atoms with van der Waals surface area (Å²) in [5.74, 6) is 0.502. The van der Waals surface area contributed by atoms with Gasteiger partial charge in [-0.15, -0.1) is 0 Å². The highest BCUT2D eigenvalue weighted by molar-refractivity contribution is 7.89. The molecule has 0 aromatic heterocycles. The summed E-state index contributed by atoms with van der Waals surface area (Å²) < 4.78 is 37.4. The Morgan fingerprint density at radius 1 is 1.11 bits per heavy atom. The van der Waals surface area contributed by atoms with Crippen molar-refractivity contribution < 1.29 is 22.7 Å². The number of ketones is 1. The predicted molar refractivity (Wildman–Crippen MR) is 107 cm³/mol. The summed E-state index contributed by atoms with van der Waals surface area (Å²) in [6.07, 6.45) is 3.16.